The molecule has 20 heavy (non-hydrogen) atoms. The molecular weight excluding hydrogens is 268 g/mol. The van der Waals surface area contributed by atoms with E-state index in [-0.39, 0.29) is 6.04 Å². The van der Waals surface area contributed by atoms with Crippen LogP contribution >= 0.6 is 11.6 Å². The number of nitriles is 1. The van der Waals surface area contributed by atoms with Crippen LogP contribution in [0.2, 0.25) is 5.02 Å². The maximum Gasteiger partial charge on any atom is 0.140 e. The Labute approximate surface area is 124 Å². The fraction of sp³-hybridized carbons (Fsp3) is 0.235. The Balaban J connectivity index is 1.79. The molecule has 0 bridgehead atoms. The second kappa shape index (κ2) is 5.56. The summed E-state index contributed by atoms with van der Waals surface area (Å²) in [5.41, 5.74) is 3.13. The van der Waals surface area contributed by atoms with Crippen LogP contribution in [0, 0.1) is 11.3 Å². The van der Waals surface area contributed by atoms with E-state index in [0.717, 1.165) is 17.2 Å². The topological polar surface area (TPSA) is 35.8 Å². The molecule has 100 valence electrons. The van der Waals surface area contributed by atoms with Gasteiger partial charge in [0.05, 0.1) is 16.8 Å². The Bertz CT molecular complexity index is 639. The molecule has 2 nitrogen and oxygen atoms in total. The van der Waals surface area contributed by atoms with Crippen molar-refractivity contribution in [3.05, 3.63) is 64.7 Å². The molecule has 1 aliphatic rings. The minimum absolute atomic E-state index is 0.386. The molecule has 0 amide bonds. The zero-order valence-electron chi connectivity index (χ0n) is 11.0. The van der Waals surface area contributed by atoms with Crippen LogP contribution in [0.5, 0.6) is 0 Å². The van der Waals surface area contributed by atoms with Gasteiger partial charge >= 0.3 is 0 Å². The molecule has 1 unspecified atom stereocenters. The van der Waals surface area contributed by atoms with Crippen LogP contribution in [0.3, 0.4) is 0 Å². The number of halogens is 1. The Hall–Kier alpha value is -1.98. The normalized spacial score (nSPS) is 15.4. The quantitative estimate of drug-likeness (QED) is 0.866. The largest absolute Gasteiger partial charge is 0.365 e. The third-order valence-electron chi connectivity index (χ3n) is 3.62. The molecule has 0 radical (unpaired) electrons. The van der Waals surface area contributed by atoms with E-state index in [9.17, 15) is 5.26 Å². The average Bonchev–Trinajstić information content (AvgIpc) is 3.31. The van der Waals surface area contributed by atoms with Gasteiger partial charge in [0, 0.05) is 0 Å². The van der Waals surface area contributed by atoms with Gasteiger partial charge in [0.1, 0.15) is 6.04 Å². The van der Waals surface area contributed by atoms with E-state index in [2.05, 4.69) is 23.5 Å². The molecule has 0 spiro atoms. The molecule has 2 aromatic carbocycles. The van der Waals surface area contributed by atoms with Crippen molar-refractivity contribution in [2.24, 2.45) is 0 Å². The summed E-state index contributed by atoms with van der Waals surface area (Å²) in [6, 6.07) is 17.7. The van der Waals surface area contributed by atoms with Crippen molar-refractivity contribution in [3.63, 3.8) is 0 Å². The van der Waals surface area contributed by atoms with Crippen LogP contribution in [0.4, 0.5) is 5.69 Å². The summed E-state index contributed by atoms with van der Waals surface area (Å²) < 4.78 is 0. The summed E-state index contributed by atoms with van der Waals surface area (Å²) in [5, 5.41) is 13.2. The smallest absolute Gasteiger partial charge is 0.140 e. The van der Waals surface area contributed by atoms with Crippen LogP contribution in [0.15, 0.2) is 48.5 Å². The summed E-state index contributed by atoms with van der Waals surface area (Å²) >= 11 is 6.12. The number of hydrogen-bond acceptors (Lipinski definition) is 2. The van der Waals surface area contributed by atoms with Gasteiger partial charge in [0.2, 0.25) is 0 Å². The van der Waals surface area contributed by atoms with Gasteiger partial charge in [-0.15, -0.1) is 0 Å². The summed E-state index contributed by atoms with van der Waals surface area (Å²) in [6.45, 7) is 0. The molecule has 1 fully saturated rings. The van der Waals surface area contributed by atoms with Crippen molar-refractivity contribution in [1.82, 2.24) is 0 Å². The lowest BCUT2D eigenvalue weighted by molar-refractivity contribution is 0.991. The van der Waals surface area contributed by atoms with Gasteiger partial charge in [0.15, 0.2) is 0 Å². The molecule has 0 saturated heterocycles. The van der Waals surface area contributed by atoms with Crippen molar-refractivity contribution in [2.45, 2.75) is 24.8 Å². The van der Waals surface area contributed by atoms with Crippen LogP contribution in [-0.2, 0) is 0 Å². The van der Waals surface area contributed by atoms with Gasteiger partial charge in [-0.25, -0.2) is 0 Å². The van der Waals surface area contributed by atoms with Gasteiger partial charge in [-0.05, 0) is 42.0 Å². The van der Waals surface area contributed by atoms with E-state index in [1.165, 1.54) is 18.4 Å². The van der Waals surface area contributed by atoms with Crippen molar-refractivity contribution < 1.29 is 0 Å². The standard InChI is InChI=1S/C17H15ClN2/c18-15-3-1-2-4-16(15)20-17(11-19)14-9-7-13(8-10-14)12-5-6-12/h1-4,7-10,12,17,20H,5-6H2. The summed E-state index contributed by atoms with van der Waals surface area (Å²) in [4.78, 5) is 0. The first-order valence-electron chi connectivity index (χ1n) is 6.78. The van der Waals surface area contributed by atoms with Crippen molar-refractivity contribution in [2.75, 3.05) is 5.32 Å². The third kappa shape index (κ3) is 2.79. The molecule has 0 aromatic heterocycles. The van der Waals surface area contributed by atoms with Crippen molar-refractivity contribution in [3.8, 4) is 6.07 Å². The summed E-state index contributed by atoms with van der Waals surface area (Å²) in [7, 11) is 0. The molecule has 0 aliphatic heterocycles. The second-order valence-corrected chi connectivity index (χ2v) is 5.53. The number of nitrogens with one attached hydrogen (secondary N) is 1. The minimum atomic E-state index is -0.386. The number of rotatable bonds is 4. The SMILES string of the molecule is N#CC(Nc1ccccc1Cl)c1ccc(C2CC2)cc1. The highest BCUT2D eigenvalue weighted by molar-refractivity contribution is 6.33. The number of hydrogen-bond donors (Lipinski definition) is 1. The number of nitrogens with zero attached hydrogens (tertiary/aromatic N) is 1. The zero-order valence-corrected chi connectivity index (χ0v) is 11.8. The molecular formula is C17H15ClN2. The molecule has 3 rings (SSSR count). The van der Waals surface area contributed by atoms with Crippen molar-refractivity contribution >= 4 is 17.3 Å². The average molecular weight is 283 g/mol. The van der Waals surface area contributed by atoms with Gasteiger partial charge < -0.3 is 5.32 Å². The van der Waals surface area contributed by atoms with E-state index < -0.39 is 0 Å². The fourth-order valence-electron chi connectivity index (χ4n) is 2.30. The van der Waals surface area contributed by atoms with Crippen LogP contribution in [0.25, 0.3) is 0 Å². The van der Waals surface area contributed by atoms with Crippen LogP contribution in [-0.4, -0.2) is 0 Å². The van der Waals surface area contributed by atoms with E-state index >= 15 is 0 Å². The molecule has 1 atom stereocenters. The van der Waals surface area contributed by atoms with E-state index in [1.807, 2.05) is 36.4 Å². The number of para-hydroxylation sites is 1. The predicted molar refractivity (Wildman–Crippen MR) is 81.8 cm³/mol. The van der Waals surface area contributed by atoms with Crippen LogP contribution < -0.4 is 5.32 Å². The number of benzene rings is 2. The predicted octanol–water partition coefficient (Wildman–Crippen LogP) is 4.89. The fourth-order valence-corrected chi connectivity index (χ4v) is 2.49. The maximum absolute atomic E-state index is 9.37. The lowest BCUT2D eigenvalue weighted by atomic mass is 10.0. The first-order chi connectivity index (χ1) is 9.78. The highest BCUT2D eigenvalue weighted by Gasteiger charge is 2.23. The Kier molecular flexibility index (Phi) is 3.62. The second-order valence-electron chi connectivity index (χ2n) is 5.13. The maximum atomic E-state index is 9.37. The Morgan fingerprint density at radius 1 is 1.10 bits per heavy atom. The molecule has 3 heteroatoms. The Morgan fingerprint density at radius 3 is 2.40 bits per heavy atom. The summed E-state index contributed by atoms with van der Waals surface area (Å²) in [6.07, 6.45) is 2.58. The van der Waals surface area contributed by atoms with Crippen LogP contribution in [0.1, 0.15) is 35.9 Å². The van der Waals surface area contributed by atoms with Crippen molar-refractivity contribution in [1.29, 1.82) is 5.26 Å². The molecule has 0 heterocycles. The van der Waals surface area contributed by atoms with E-state index in [1.54, 1.807) is 0 Å². The highest BCUT2D eigenvalue weighted by atomic mass is 35.5. The molecule has 2 aromatic rings. The number of anilines is 1. The van der Waals surface area contributed by atoms with Gasteiger partial charge in [-0.1, -0.05) is 48.0 Å². The zero-order chi connectivity index (χ0) is 13.9. The highest BCUT2D eigenvalue weighted by Crippen LogP contribution is 2.40. The molecule has 1 N–H and O–H groups in total. The summed E-state index contributed by atoms with van der Waals surface area (Å²) in [5.74, 6) is 0.737. The first kappa shape index (κ1) is 13.0. The van der Waals surface area contributed by atoms with Gasteiger partial charge in [-0.2, -0.15) is 5.26 Å². The van der Waals surface area contributed by atoms with Gasteiger partial charge in [0.25, 0.3) is 0 Å². The first-order valence-corrected chi connectivity index (χ1v) is 7.16. The van der Waals surface area contributed by atoms with E-state index in [4.69, 9.17) is 11.6 Å². The third-order valence-corrected chi connectivity index (χ3v) is 3.95. The minimum Gasteiger partial charge on any atom is -0.365 e. The molecule has 1 aliphatic carbocycles. The molecule has 1 saturated carbocycles. The lowest BCUT2D eigenvalue weighted by Crippen LogP contribution is -2.08. The Morgan fingerprint density at radius 2 is 1.80 bits per heavy atom. The van der Waals surface area contributed by atoms with Gasteiger partial charge in [-0.3, -0.25) is 0 Å². The van der Waals surface area contributed by atoms with E-state index in [0.29, 0.717) is 5.02 Å². The lowest BCUT2D eigenvalue weighted by Gasteiger charge is -2.14. The monoisotopic (exact) mass is 282 g/mol.